The second kappa shape index (κ2) is 7.23. The molecule has 7 nitrogen and oxygen atoms in total. The van der Waals surface area contributed by atoms with Crippen molar-refractivity contribution >= 4 is 5.91 Å². The maximum absolute atomic E-state index is 12.6. The van der Waals surface area contributed by atoms with Gasteiger partial charge in [-0.25, -0.2) is 0 Å². The average molecular weight is 358 g/mol. The molecule has 1 fully saturated rings. The van der Waals surface area contributed by atoms with Gasteiger partial charge in [-0.1, -0.05) is 0 Å². The van der Waals surface area contributed by atoms with E-state index >= 15 is 0 Å². The van der Waals surface area contributed by atoms with Crippen molar-refractivity contribution < 1.29 is 13.9 Å². The molecule has 140 valence electrons. The lowest BCUT2D eigenvalue weighted by Gasteiger charge is -2.22. The summed E-state index contributed by atoms with van der Waals surface area (Å²) >= 11 is 0. The minimum absolute atomic E-state index is 0.0494. The molecule has 1 amide bonds. The van der Waals surface area contributed by atoms with E-state index in [2.05, 4.69) is 20.1 Å². The number of hydrogen-bond acceptors (Lipinski definition) is 5. The van der Waals surface area contributed by atoms with E-state index in [-0.39, 0.29) is 11.9 Å². The van der Waals surface area contributed by atoms with Crippen LogP contribution in [0.25, 0.3) is 0 Å². The average Bonchev–Trinajstić information content (AvgIpc) is 3.14. The van der Waals surface area contributed by atoms with Crippen LogP contribution in [-0.4, -0.2) is 39.9 Å². The van der Waals surface area contributed by atoms with Crippen molar-refractivity contribution in [1.29, 1.82) is 0 Å². The van der Waals surface area contributed by atoms with Crippen LogP contribution < -0.4 is 5.32 Å². The van der Waals surface area contributed by atoms with E-state index in [0.717, 1.165) is 69.3 Å². The second-order valence-electron chi connectivity index (χ2n) is 7.34. The summed E-state index contributed by atoms with van der Waals surface area (Å²) in [6, 6.07) is 1.95. The van der Waals surface area contributed by atoms with Crippen molar-refractivity contribution in [2.24, 2.45) is 0 Å². The number of furan rings is 1. The van der Waals surface area contributed by atoms with Crippen LogP contribution in [-0.2, 0) is 17.7 Å². The lowest BCUT2D eigenvalue weighted by Crippen LogP contribution is -2.35. The molecule has 2 aliphatic heterocycles. The smallest absolute Gasteiger partial charge is 0.255 e. The Morgan fingerprint density at radius 3 is 2.73 bits per heavy atom. The number of aromatic nitrogens is 3. The third-order valence-corrected chi connectivity index (χ3v) is 5.48. The van der Waals surface area contributed by atoms with Crippen molar-refractivity contribution in [3.63, 3.8) is 0 Å². The van der Waals surface area contributed by atoms with E-state index in [4.69, 9.17) is 9.15 Å². The lowest BCUT2D eigenvalue weighted by molar-refractivity contribution is 0.0826. The summed E-state index contributed by atoms with van der Waals surface area (Å²) in [6.07, 6.45) is 4.63. The van der Waals surface area contributed by atoms with E-state index in [1.54, 1.807) is 6.07 Å². The fourth-order valence-corrected chi connectivity index (χ4v) is 4.03. The predicted octanol–water partition coefficient (Wildman–Crippen LogP) is 2.52. The van der Waals surface area contributed by atoms with Crippen molar-refractivity contribution in [1.82, 2.24) is 20.1 Å². The van der Waals surface area contributed by atoms with Crippen molar-refractivity contribution in [3.8, 4) is 0 Å². The highest BCUT2D eigenvalue weighted by atomic mass is 16.5. The topological polar surface area (TPSA) is 82.2 Å². The second-order valence-corrected chi connectivity index (χ2v) is 7.34. The largest absolute Gasteiger partial charge is 0.466 e. The van der Waals surface area contributed by atoms with Gasteiger partial charge in [0.15, 0.2) is 0 Å². The molecule has 0 aromatic carbocycles. The Morgan fingerprint density at radius 2 is 2.00 bits per heavy atom. The first kappa shape index (κ1) is 17.3. The Bertz CT molecular complexity index is 789. The molecule has 0 radical (unpaired) electrons. The van der Waals surface area contributed by atoms with Crippen LogP contribution in [0.1, 0.15) is 65.1 Å². The van der Waals surface area contributed by atoms with Gasteiger partial charge < -0.3 is 19.0 Å². The van der Waals surface area contributed by atoms with E-state index < -0.39 is 0 Å². The molecule has 4 heterocycles. The Morgan fingerprint density at radius 1 is 1.19 bits per heavy atom. The molecule has 4 rings (SSSR count). The fraction of sp³-hybridized carbons (Fsp3) is 0.632. The molecule has 26 heavy (non-hydrogen) atoms. The third kappa shape index (κ3) is 3.40. The lowest BCUT2D eigenvalue weighted by atomic mass is 9.99. The number of hydrogen-bond donors (Lipinski definition) is 1. The summed E-state index contributed by atoms with van der Waals surface area (Å²) in [5.41, 5.74) is 0.633. The zero-order valence-electron chi connectivity index (χ0n) is 15.5. The van der Waals surface area contributed by atoms with Crippen molar-refractivity contribution in [3.05, 3.63) is 34.8 Å². The number of carbonyl (C=O) groups excluding carboxylic acids is 1. The molecule has 0 aliphatic carbocycles. The van der Waals surface area contributed by atoms with Gasteiger partial charge in [-0.15, -0.1) is 10.2 Å². The first-order chi connectivity index (χ1) is 12.6. The van der Waals surface area contributed by atoms with Gasteiger partial charge in [-0.2, -0.15) is 0 Å². The van der Waals surface area contributed by atoms with Crippen LogP contribution in [0, 0.1) is 13.8 Å². The molecule has 2 aromatic rings. The van der Waals surface area contributed by atoms with Gasteiger partial charge in [-0.05, 0) is 45.6 Å². The third-order valence-electron chi connectivity index (χ3n) is 5.48. The molecular weight excluding hydrogens is 332 g/mol. The number of fused-ring (bicyclic) bond motifs is 1. The van der Waals surface area contributed by atoms with E-state index in [9.17, 15) is 4.79 Å². The zero-order valence-corrected chi connectivity index (χ0v) is 15.5. The van der Waals surface area contributed by atoms with Crippen molar-refractivity contribution in [2.75, 3.05) is 13.2 Å². The normalized spacial score (nSPS) is 21.2. The summed E-state index contributed by atoms with van der Waals surface area (Å²) in [5, 5.41) is 12.1. The van der Waals surface area contributed by atoms with Gasteiger partial charge in [-0.3, -0.25) is 4.79 Å². The molecular formula is C19H26N4O3. The van der Waals surface area contributed by atoms with Gasteiger partial charge in [0.1, 0.15) is 23.2 Å². The van der Waals surface area contributed by atoms with E-state index in [0.29, 0.717) is 17.2 Å². The molecule has 1 atom stereocenters. The molecule has 0 bridgehead atoms. The number of aryl methyl sites for hydroxylation is 3. The first-order valence-corrected chi connectivity index (χ1v) is 9.49. The molecule has 2 aromatic heterocycles. The molecule has 2 aliphatic rings. The van der Waals surface area contributed by atoms with E-state index in [1.165, 1.54) is 0 Å². The first-order valence-electron chi connectivity index (χ1n) is 9.49. The van der Waals surface area contributed by atoms with Crippen LogP contribution in [0.3, 0.4) is 0 Å². The van der Waals surface area contributed by atoms with Gasteiger partial charge in [0.25, 0.3) is 5.91 Å². The maximum Gasteiger partial charge on any atom is 0.255 e. The Hall–Kier alpha value is -2.15. The predicted molar refractivity (Wildman–Crippen MR) is 95.2 cm³/mol. The van der Waals surface area contributed by atoms with Crippen LogP contribution in [0.4, 0.5) is 0 Å². The summed E-state index contributed by atoms with van der Waals surface area (Å²) in [5.74, 6) is 3.96. The van der Waals surface area contributed by atoms with Crippen molar-refractivity contribution in [2.45, 2.75) is 64.5 Å². The highest BCUT2D eigenvalue weighted by molar-refractivity contribution is 5.95. The standard InChI is InChI=1S/C19H26N4O3/c1-12-11-16(13(2)26-12)19(24)20-15-3-4-17-21-22-18(23(17)8-5-15)14-6-9-25-10-7-14/h11,14-15H,3-10H2,1-2H3,(H,20,24). The van der Waals surface area contributed by atoms with Gasteiger partial charge >= 0.3 is 0 Å². The SMILES string of the molecule is Cc1cc(C(=O)NC2CCc3nnc(C4CCOCC4)n3CC2)c(C)o1. The quantitative estimate of drug-likeness (QED) is 0.912. The van der Waals surface area contributed by atoms with E-state index in [1.807, 2.05) is 13.8 Å². The van der Waals surface area contributed by atoms with Crippen LogP contribution in [0.2, 0.25) is 0 Å². The van der Waals surface area contributed by atoms with Gasteiger partial charge in [0, 0.05) is 38.1 Å². The number of amides is 1. The number of ether oxygens (including phenoxy) is 1. The molecule has 0 saturated carbocycles. The number of carbonyl (C=O) groups is 1. The highest BCUT2D eigenvalue weighted by Crippen LogP contribution is 2.28. The number of rotatable bonds is 3. The Kier molecular flexibility index (Phi) is 4.80. The fourth-order valence-electron chi connectivity index (χ4n) is 4.03. The zero-order chi connectivity index (χ0) is 18.1. The summed E-state index contributed by atoms with van der Waals surface area (Å²) in [7, 11) is 0. The van der Waals surface area contributed by atoms with Crippen LogP contribution in [0.15, 0.2) is 10.5 Å². The number of nitrogens with one attached hydrogen (secondary N) is 1. The Balaban J connectivity index is 1.42. The molecule has 1 saturated heterocycles. The molecule has 1 N–H and O–H groups in total. The maximum atomic E-state index is 12.6. The Labute approximate surface area is 153 Å². The monoisotopic (exact) mass is 358 g/mol. The molecule has 0 spiro atoms. The summed E-state index contributed by atoms with van der Waals surface area (Å²) < 4.78 is 13.2. The molecule has 7 heteroatoms. The molecule has 1 unspecified atom stereocenters. The minimum atomic E-state index is -0.0494. The summed E-state index contributed by atoms with van der Waals surface area (Å²) in [6.45, 7) is 6.14. The van der Waals surface area contributed by atoms with Crippen LogP contribution >= 0.6 is 0 Å². The highest BCUT2D eigenvalue weighted by Gasteiger charge is 2.27. The van der Waals surface area contributed by atoms with Gasteiger partial charge in [0.05, 0.1) is 5.56 Å². The summed E-state index contributed by atoms with van der Waals surface area (Å²) in [4.78, 5) is 12.6. The minimum Gasteiger partial charge on any atom is -0.466 e. The van der Waals surface area contributed by atoms with Gasteiger partial charge in [0.2, 0.25) is 0 Å². The number of nitrogens with zero attached hydrogens (tertiary/aromatic N) is 3. The van der Waals surface area contributed by atoms with Crippen LogP contribution in [0.5, 0.6) is 0 Å².